The second kappa shape index (κ2) is 1.37. The molecule has 0 radical (unpaired) electrons. The molecule has 2 aliphatic carbocycles. The van der Waals surface area contributed by atoms with Crippen molar-refractivity contribution in [2.45, 2.75) is 29.4 Å². The van der Waals surface area contributed by atoms with Gasteiger partial charge in [-0.3, -0.25) is 0 Å². The van der Waals surface area contributed by atoms with Gasteiger partial charge in [0.25, 0.3) is 0 Å². The number of rotatable bonds is 0. The van der Waals surface area contributed by atoms with Gasteiger partial charge in [-0.2, -0.15) is 0 Å². The van der Waals surface area contributed by atoms with Gasteiger partial charge < -0.3 is 4.74 Å². The van der Waals surface area contributed by atoms with Crippen molar-refractivity contribution >= 4 is 23.2 Å². The molecule has 3 rings (SSSR count). The van der Waals surface area contributed by atoms with Gasteiger partial charge in [-0.1, -0.05) is 23.2 Å². The number of hydrogen-bond donors (Lipinski definition) is 0. The van der Waals surface area contributed by atoms with Crippen molar-refractivity contribution in [3.05, 3.63) is 0 Å². The molecule has 2 saturated carbocycles. The van der Waals surface area contributed by atoms with Crippen LogP contribution >= 0.6 is 23.2 Å². The molecular formula is C7H8Cl2O. The molecule has 0 aromatic heterocycles. The molecule has 0 amide bonds. The molecular weight excluding hydrogens is 171 g/mol. The fourth-order valence-electron chi connectivity index (χ4n) is 2.57. The Morgan fingerprint density at radius 3 is 1.90 bits per heavy atom. The lowest BCUT2D eigenvalue weighted by Crippen LogP contribution is -2.22. The SMILES string of the molecule is Cl[C@@]12O[C@]1(Cl)C1CCC2C1. The van der Waals surface area contributed by atoms with Crippen LogP contribution in [0.3, 0.4) is 0 Å². The Balaban J connectivity index is 2.08. The van der Waals surface area contributed by atoms with Crippen molar-refractivity contribution in [1.82, 2.24) is 0 Å². The smallest absolute Gasteiger partial charge is 0.189 e. The van der Waals surface area contributed by atoms with Gasteiger partial charge in [0.05, 0.1) is 0 Å². The summed E-state index contributed by atoms with van der Waals surface area (Å²) in [5, 5.41) is -0.894. The van der Waals surface area contributed by atoms with Gasteiger partial charge in [0, 0.05) is 11.8 Å². The number of hydrogen-bond acceptors (Lipinski definition) is 1. The predicted molar refractivity (Wildman–Crippen MR) is 39.1 cm³/mol. The minimum atomic E-state index is -0.447. The molecule has 56 valence electrons. The van der Waals surface area contributed by atoms with Crippen molar-refractivity contribution in [3.63, 3.8) is 0 Å². The van der Waals surface area contributed by atoms with Gasteiger partial charge in [0.2, 0.25) is 0 Å². The molecule has 2 unspecified atom stereocenters. The highest BCUT2D eigenvalue weighted by molar-refractivity contribution is 6.37. The third kappa shape index (κ3) is 0.407. The summed E-state index contributed by atoms with van der Waals surface area (Å²) in [5.41, 5.74) is 0. The standard InChI is InChI=1S/C7H8Cl2O/c8-6-4-1-2-5(3-4)7(6,9)10-6/h4-5H,1-3H2/t4?,5?,6-,7+. The lowest BCUT2D eigenvalue weighted by Gasteiger charge is -2.13. The van der Waals surface area contributed by atoms with E-state index in [2.05, 4.69) is 0 Å². The van der Waals surface area contributed by atoms with E-state index in [1.54, 1.807) is 0 Å². The number of epoxide rings is 1. The molecule has 3 fully saturated rings. The van der Waals surface area contributed by atoms with Crippen LogP contribution in [0.25, 0.3) is 0 Å². The molecule has 0 N–H and O–H groups in total. The van der Waals surface area contributed by atoms with E-state index in [0.29, 0.717) is 11.8 Å². The Hall–Kier alpha value is 0.540. The van der Waals surface area contributed by atoms with Gasteiger partial charge in [-0.15, -0.1) is 0 Å². The predicted octanol–water partition coefficient (Wildman–Crippen LogP) is 2.32. The van der Waals surface area contributed by atoms with Gasteiger partial charge in [-0.05, 0) is 19.3 Å². The largest absolute Gasteiger partial charge is 0.329 e. The van der Waals surface area contributed by atoms with E-state index < -0.39 is 10.1 Å². The Morgan fingerprint density at radius 1 is 1.10 bits per heavy atom. The average molecular weight is 179 g/mol. The van der Waals surface area contributed by atoms with Crippen LogP contribution in [0.5, 0.6) is 0 Å². The molecule has 0 spiro atoms. The molecule has 2 bridgehead atoms. The topological polar surface area (TPSA) is 12.5 Å². The fraction of sp³-hybridized carbons (Fsp3) is 1.00. The zero-order valence-electron chi connectivity index (χ0n) is 5.44. The Labute approximate surface area is 69.6 Å². The molecule has 0 aromatic carbocycles. The van der Waals surface area contributed by atoms with Crippen LogP contribution in [0.15, 0.2) is 0 Å². The van der Waals surface area contributed by atoms with Gasteiger partial charge in [-0.25, -0.2) is 0 Å². The molecule has 1 nitrogen and oxygen atoms in total. The van der Waals surface area contributed by atoms with Gasteiger partial charge in [0.1, 0.15) is 0 Å². The zero-order valence-corrected chi connectivity index (χ0v) is 6.95. The first kappa shape index (κ1) is 6.10. The summed E-state index contributed by atoms with van der Waals surface area (Å²) in [7, 11) is 0. The fourth-order valence-corrected chi connectivity index (χ4v) is 3.56. The number of fused-ring (bicyclic) bond motifs is 5. The minimum Gasteiger partial charge on any atom is -0.329 e. The second-order valence-corrected chi connectivity index (χ2v) is 4.72. The van der Waals surface area contributed by atoms with Crippen LogP contribution in [-0.4, -0.2) is 10.1 Å². The first-order valence-electron chi connectivity index (χ1n) is 3.75. The van der Waals surface area contributed by atoms with Crippen LogP contribution in [-0.2, 0) is 4.74 Å². The monoisotopic (exact) mass is 178 g/mol. The minimum absolute atomic E-state index is 0.447. The number of ether oxygens (including phenoxy) is 1. The lowest BCUT2D eigenvalue weighted by atomic mass is 10.00. The Kier molecular flexibility index (Phi) is 0.835. The van der Waals surface area contributed by atoms with Crippen molar-refractivity contribution in [2.24, 2.45) is 11.8 Å². The molecule has 1 heterocycles. The summed E-state index contributed by atoms with van der Waals surface area (Å²) in [6, 6.07) is 0. The van der Waals surface area contributed by atoms with Crippen molar-refractivity contribution in [2.75, 3.05) is 0 Å². The molecule has 10 heavy (non-hydrogen) atoms. The summed E-state index contributed by atoms with van der Waals surface area (Å²) < 4.78 is 5.35. The van der Waals surface area contributed by atoms with E-state index >= 15 is 0 Å². The number of alkyl halides is 2. The van der Waals surface area contributed by atoms with Crippen LogP contribution in [0.1, 0.15) is 19.3 Å². The zero-order chi connectivity index (χ0) is 6.98. The highest BCUT2D eigenvalue weighted by atomic mass is 35.5. The summed E-state index contributed by atoms with van der Waals surface area (Å²) in [6.45, 7) is 0. The normalized spacial score (nSPS) is 70.2. The first-order chi connectivity index (χ1) is 4.67. The van der Waals surface area contributed by atoms with E-state index in [0.717, 1.165) is 0 Å². The molecule has 4 atom stereocenters. The van der Waals surface area contributed by atoms with Gasteiger partial charge in [0.15, 0.2) is 10.1 Å². The van der Waals surface area contributed by atoms with Crippen LogP contribution in [0.2, 0.25) is 0 Å². The molecule has 3 heteroatoms. The number of halogens is 2. The Morgan fingerprint density at radius 2 is 1.60 bits per heavy atom. The van der Waals surface area contributed by atoms with E-state index in [1.807, 2.05) is 0 Å². The lowest BCUT2D eigenvalue weighted by molar-refractivity contribution is 0.231. The van der Waals surface area contributed by atoms with Crippen LogP contribution < -0.4 is 0 Å². The Bertz CT molecular complexity index is 188. The first-order valence-corrected chi connectivity index (χ1v) is 4.50. The summed E-state index contributed by atoms with van der Waals surface area (Å²) in [5.74, 6) is 1.08. The quantitative estimate of drug-likeness (QED) is 0.410. The van der Waals surface area contributed by atoms with Crippen molar-refractivity contribution in [3.8, 4) is 0 Å². The van der Waals surface area contributed by atoms with Crippen molar-refractivity contribution < 1.29 is 4.74 Å². The molecule has 1 aliphatic heterocycles. The van der Waals surface area contributed by atoms with Crippen LogP contribution in [0, 0.1) is 11.8 Å². The maximum Gasteiger partial charge on any atom is 0.189 e. The molecule has 3 aliphatic rings. The van der Waals surface area contributed by atoms with E-state index in [-0.39, 0.29) is 0 Å². The van der Waals surface area contributed by atoms with Crippen LogP contribution in [0.4, 0.5) is 0 Å². The third-order valence-electron chi connectivity index (χ3n) is 3.20. The van der Waals surface area contributed by atoms with Crippen molar-refractivity contribution in [1.29, 1.82) is 0 Å². The molecule has 1 saturated heterocycles. The van der Waals surface area contributed by atoms with Gasteiger partial charge >= 0.3 is 0 Å². The van der Waals surface area contributed by atoms with E-state index in [4.69, 9.17) is 27.9 Å². The maximum atomic E-state index is 6.13. The summed E-state index contributed by atoms with van der Waals surface area (Å²) >= 11 is 12.3. The molecule has 0 aromatic rings. The third-order valence-corrected chi connectivity index (χ3v) is 4.63. The highest BCUT2D eigenvalue weighted by Crippen LogP contribution is 2.75. The second-order valence-electron chi connectivity index (χ2n) is 3.60. The highest BCUT2D eigenvalue weighted by Gasteiger charge is 2.82. The maximum absolute atomic E-state index is 6.13. The summed E-state index contributed by atoms with van der Waals surface area (Å²) in [4.78, 5) is 0. The van der Waals surface area contributed by atoms with E-state index in [9.17, 15) is 0 Å². The van der Waals surface area contributed by atoms with E-state index in [1.165, 1.54) is 19.3 Å². The average Bonchev–Trinajstić information content (AvgIpc) is 2.25. The summed E-state index contributed by atoms with van der Waals surface area (Å²) in [6.07, 6.45) is 3.61.